The van der Waals surface area contributed by atoms with E-state index in [9.17, 15) is 4.79 Å². The van der Waals surface area contributed by atoms with Gasteiger partial charge in [-0.05, 0) is 19.4 Å². The highest BCUT2D eigenvalue weighted by Gasteiger charge is 2.31. The molecule has 2 aromatic rings. The third-order valence-electron chi connectivity index (χ3n) is 3.59. The molecule has 2 atom stereocenters. The van der Waals surface area contributed by atoms with Gasteiger partial charge in [-0.3, -0.25) is 9.48 Å². The van der Waals surface area contributed by atoms with Crippen molar-refractivity contribution in [2.75, 3.05) is 5.32 Å². The van der Waals surface area contributed by atoms with E-state index in [4.69, 9.17) is 0 Å². The molecule has 110 valence electrons. The van der Waals surface area contributed by atoms with Gasteiger partial charge < -0.3 is 10.6 Å². The number of rotatable bonds is 3. The van der Waals surface area contributed by atoms with Crippen LogP contribution in [-0.4, -0.2) is 31.7 Å². The Morgan fingerprint density at radius 3 is 3.05 bits per heavy atom. The van der Waals surface area contributed by atoms with Crippen molar-refractivity contribution < 1.29 is 4.79 Å². The fourth-order valence-electron chi connectivity index (χ4n) is 2.56. The summed E-state index contributed by atoms with van der Waals surface area (Å²) in [5, 5.41) is 10.5. The van der Waals surface area contributed by atoms with Crippen molar-refractivity contribution in [1.29, 1.82) is 0 Å². The molecule has 1 fully saturated rings. The molecule has 7 nitrogen and oxygen atoms in total. The van der Waals surface area contributed by atoms with Crippen LogP contribution < -0.4 is 10.6 Å². The molecule has 21 heavy (non-hydrogen) atoms. The normalized spacial score (nSPS) is 21.9. The van der Waals surface area contributed by atoms with Crippen LogP contribution in [0.25, 0.3) is 0 Å². The Kier molecular flexibility index (Phi) is 3.55. The zero-order chi connectivity index (χ0) is 14.8. The summed E-state index contributed by atoms with van der Waals surface area (Å²) < 4.78 is 1.73. The average Bonchev–Trinajstić information content (AvgIpc) is 2.87. The van der Waals surface area contributed by atoms with Crippen LogP contribution in [-0.2, 0) is 11.8 Å². The number of amides is 1. The summed E-state index contributed by atoms with van der Waals surface area (Å²) in [5.74, 6) is 0.650. The van der Waals surface area contributed by atoms with Crippen LogP contribution in [0.2, 0.25) is 0 Å². The lowest BCUT2D eigenvalue weighted by Crippen LogP contribution is -2.45. The lowest BCUT2D eigenvalue weighted by atomic mass is 9.94. The van der Waals surface area contributed by atoms with Crippen molar-refractivity contribution in [2.45, 2.75) is 31.8 Å². The molecule has 3 heterocycles. The molecule has 7 heteroatoms. The lowest BCUT2D eigenvalue weighted by molar-refractivity contribution is -0.123. The van der Waals surface area contributed by atoms with Crippen molar-refractivity contribution in [3.05, 3.63) is 35.9 Å². The predicted octanol–water partition coefficient (Wildman–Crippen LogP) is 0.950. The summed E-state index contributed by atoms with van der Waals surface area (Å²) >= 11 is 0. The van der Waals surface area contributed by atoms with E-state index in [1.54, 1.807) is 17.1 Å². The standard InChI is InChI=1S/C14H18N6O/c1-9-5-6-15-14(17-9)18-11-3-4-12(21)19-13(11)10-7-16-20(2)8-10/h5-8,11,13H,3-4H2,1-2H3,(H,19,21)(H,15,17,18)/t11-,13+/m1/s1. The molecule has 1 aliphatic heterocycles. The fraction of sp³-hybridized carbons (Fsp3) is 0.429. The van der Waals surface area contributed by atoms with Crippen molar-refractivity contribution in [1.82, 2.24) is 25.1 Å². The number of aryl methyl sites for hydroxylation is 2. The third kappa shape index (κ3) is 3.01. The molecule has 1 aliphatic rings. The Morgan fingerprint density at radius 1 is 1.48 bits per heavy atom. The lowest BCUT2D eigenvalue weighted by Gasteiger charge is -2.32. The van der Waals surface area contributed by atoms with Gasteiger partial charge in [0.25, 0.3) is 0 Å². The maximum Gasteiger partial charge on any atom is 0.223 e. The largest absolute Gasteiger partial charge is 0.349 e. The molecule has 0 aromatic carbocycles. The zero-order valence-corrected chi connectivity index (χ0v) is 12.1. The SMILES string of the molecule is Cc1ccnc(N[C@@H]2CCC(=O)N[C@H]2c2cnn(C)c2)n1. The summed E-state index contributed by atoms with van der Waals surface area (Å²) in [5.41, 5.74) is 1.89. The number of hydrogen-bond donors (Lipinski definition) is 2. The van der Waals surface area contributed by atoms with Crippen LogP contribution in [0.3, 0.4) is 0 Å². The fourth-order valence-corrected chi connectivity index (χ4v) is 2.56. The highest BCUT2D eigenvalue weighted by atomic mass is 16.1. The maximum absolute atomic E-state index is 11.7. The maximum atomic E-state index is 11.7. The first-order chi connectivity index (χ1) is 10.1. The molecule has 0 radical (unpaired) electrons. The van der Waals surface area contributed by atoms with Gasteiger partial charge in [0.15, 0.2) is 0 Å². The van der Waals surface area contributed by atoms with Gasteiger partial charge in [-0.2, -0.15) is 5.10 Å². The smallest absolute Gasteiger partial charge is 0.223 e. The molecule has 0 saturated carbocycles. The predicted molar refractivity (Wildman–Crippen MR) is 77.5 cm³/mol. The third-order valence-corrected chi connectivity index (χ3v) is 3.59. The van der Waals surface area contributed by atoms with Crippen LogP contribution in [0.4, 0.5) is 5.95 Å². The van der Waals surface area contributed by atoms with Crippen LogP contribution in [0.5, 0.6) is 0 Å². The van der Waals surface area contributed by atoms with E-state index in [1.807, 2.05) is 26.2 Å². The summed E-state index contributed by atoms with van der Waals surface area (Å²) in [7, 11) is 1.86. The van der Waals surface area contributed by atoms with Gasteiger partial charge >= 0.3 is 0 Å². The number of nitrogens with zero attached hydrogens (tertiary/aromatic N) is 4. The Labute approximate surface area is 122 Å². The van der Waals surface area contributed by atoms with E-state index in [1.165, 1.54) is 0 Å². The molecule has 1 saturated heterocycles. The molecule has 3 rings (SSSR count). The number of anilines is 1. The molecule has 2 aromatic heterocycles. The van der Waals surface area contributed by atoms with E-state index in [2.05, 4.69) is 25.7 Å². The van der Waals surface area contributed by atoms with E-state index >= 15 is 0 Å². The molecule has 1 amide bonds. The van der Waals surface area contributed by atoms with Crippen molar-refractivity contribution in [2.24, 2.45) is 7.05 Å². The highest BCUT2D eigenvalue weighted by Crippen LogP contribution is 2.25. The van der Waals surface area contributed by atoms with Gasteiger partial charge in [0.05, 0.1) is 18.3 Å². The number of carbonyl (C=O) groups is 1. The number of nitrogens with one attached hydrogen (secondary N) is 2. The summed E-state index contributed by atoms with van der Waals surface area (Å²) in [6.07, 6.45) is 6.66. The first-order valence-electron chi connectivity index (χ1n) is 6.96. The molecule has 0 spiro atoms. The van der Waals surface area contributed by atoms with E-state index in [-0.39, 0.29) is 18.0 Å². The average molecular weight is 286 g/mol. The monoisotopic (exact) mass is 286 g/mol. The van der Waals surface area contributed by atoms with Crippen LogP contribution in [0, 0.1) is 6.92 Å². The van der Waals surface area contributed by atoms with Crippen molar-refractivity contribution in [3.63, 3.8) is 0 Å². The van der Waals surface area contributed by atoms with E-state index < -0.39 is 0 Å². The Balaban J connectivity index is 1.82. The first-order valence-corrected chi connectivity index (χ1v) is 6.96. The van der Waals surface area contributed by atoms with Gasteiger partial charge in [-0.1, -0.05) is 0 Å². The number of piperidine rings is 1. The van der Waals surface area contributed by atoms with Gasteiger partial charge in [0.2, 0.25) is 11.9 Å². The molecule has 0 bridgehead atoms. The van der Waals surface area contributed by atoms with E-state index in [0.29, 0.717) is 12.4 Å². The summed E-state index contributed by atoms with van der Waals surface area (Å²) in [6.45, 7) is 1.92. The topological polar surface area (TPSA) is 84.7 Å². The van der Waals surface area contributed by atoms with Gasteiger partial charge in [0, 0.05) is 37.1 Å². The molecular weight excluding hydrogens is 268 g/mol. The molecular formula is C14H18N6O. The van der Waals surface area contributed by atoms with Gasteiger partial charge in [-0.25, -0.2) is 9.97 Å². The van der Waals surface area contributed by atoms with Crippen LogP contribution >= 0.6 is 0 Å². The minimum atomic E-state index is -0.121. The highest BCUT2D eigenvalue weighted by molar-refractivity contribution is 5.77. The second-order valence-electron chi connectivity index (χ2n) is 5.30. The summed E-state index contributed by atoms with van der Waals surface area (Å²) in [4.78, 5) is 20.3. The zero-order valence-electron chi connectivity index (χ0n) is 12.1. The van der Waals surface area contributed by atoms with Crippen molar-refractivity contribution >= 4 is 11.9 Å². The van der Waals surface area contributed by atoms with Crippen molar-refractivity contribution in [3.8, 4) is 0 Å². The van der Waals surface area contributed by atoms with Gasteiger partial charge in [0.1, 0.15) is 0 Å². The minimum Gasteiger partial charge on any atom is -0.349 e. The number of carbonyl (C=O) groups excluding carboxylic acids is 1. The van der Waals surface area contributed by atoms with Crippen LogP contribution in [0.15, 0.2) is 24.7 Å². The minimum absolute atomic E-state index is 0.0497. The summed E-state index contributed by atoms with van der Waals surface area (Å²) in [6, 6.07) is 1.78. The van der Waals surface area contributed by atoms with E-state index in [0.717, 1.165) is 17.7 Å². The van der Waals surface area contributed by atoms with Crippen LogP contribution in [0.1, 0.15) is 30.1 Å². The van der Waals surface area contributed by atoms with Gasteiger partial charge in [-0.15, -0.1) is 0 Å². The number of aromatic nitrogens is 4. The molecule has 0 aliphatic carbocycles. The second-order valence-corrected chi connectivity index (χ2v) is 5.30. The quantitative estimate of drug-likeness (QED) is 0.877. The molecule has 0 unspecified atom stereocenters. The number of hydrogen-bond acceptors (Lipinski definition) is 5. The Bertz CT molecular complexity index is 652. The first kappa shape index (κ1) is 13.5. The second kappa shape index (κ2) is 5.51. The molecule has 2 N–H and O–H groups in total. The Morgan fingerprint density at radius 2 is 2.33 bits per heavy atom. The Hall–Kier alpha value is -2.44.